The van der Waals surface area contributed by atoms with Crippen molar-refractivity contribution in [1.29, 1.82) is 0 Å². The van der Waals surface area contributed by atoms with E-state index in [1.807, 2.05) is 0 Å². The molecule has 0 radical (unpaired) electrons. The van der Waals surface area contributed by atoms with Crippen LogP contribution in [0.4, 0.5) is 8.78 Å². The van der Waals surface area contributed by atoms with Gasteiger partial charge in [0.25, 0.3) is 0 Å². The van der Waals surface area contributed by atoms with Gasteiger partial charge >= 0.3 is 0 Å². The first-order chi connectivity index (χ1) is 8.55. The highest BCUT2D eigenvalue weighted by atomic mass is 19.1. The summed E-state index contributed by atoms with van der Waals surface area (Å²) in [4.78, 5) is 12.1. The molecule has 0 saturated heterocycles. The molecule has 0 aromatic heterocycles. The second kappa shape index (κ2) is 5.25. The summed E-state index contributed by atoms with van der Waals surface area (Å²) in [5, 5.41) is 2.62. The monoisotopic (exact) mass is 270 g/mol. The maximum absolute atomic E-state index is 13.4. The Morgan fingerprint density at radius 2 is 1.84 bits per heavy atom. The van der Waals surface area contributed by atoms with E-state index in [2.05, 4.69) is 5.32 Å². The van der Waals surface area contributed by atoms with Crippen LogP contribution < -0.4 is 11.1 Å². The van der Waals surface area contributed by atoms with Crippen molar-refractivity contribution in [3.63, 3.8) is 0 Å². The molecular formula is C14H20F2N2O. The van der Waals surface area contributed by atoms with Gasteiger partial charge in [-0.3, -0.25) is 4.79 Å². The van der Waals surface area contributed by atoms with E-state index in [0.29, 0.717) is 0 Å². The molecule has 3 N–H and O–H groups in total. The first-order valence-electron chi connectivity index (χ1n) is 6.07. The van der Waals surface area contributed by atoms with Crippen LogP contribution in [-0.2, 0) is 11.3 Å². The van der Waals surface area contributed by atoms with Crippen LogP contribution >= 0.6 is 0 Å². The van der Waals surface area contributed by atoms with Gasteiger partial charge in [-0.15, -0.1) is 0 Å². The number of carbonyl (C=O) groups is 1. The van der Waals surface area contributed by atoms with Crippen molar-refractivity contribution in [2.75, 3.05) is 0 Å². The summed E-state index contributed by atoms with van der Waals surface area (Å²) in [6.45, 7) is 6.97. The Morgan fingerprint density at radius 3 is 2.32 bits per heavy atom. The van der Waals surface area contributed by atoms with Crippen LogP contribution in [0.25, 0.3) is 0 Å². The van der Waals surface area contributed by atoms with Crippen LogP contribution in [0.2, 0.25) is 0 Å². The minimum Gasteiger partial charge on any atom is -0.351 e. The summed E-state index contributed by atoms with van der Waals surface area (Å²) < 4.78 is 26.2. The van der Waals surface area contributed by atoms with E-state index in [0.717, 1.165) is 12.1 Å². The van der Waals surface area contributed by atoms with Crippen LogP contribution in [0.1, 0.15) is 33.3 Å². The fourth-order valence-corrected chi connectivity index (χ4v) is 1.35. The number of hydrogen-bond acceptors (Lipinski definition) is 2. The Hall–Kier alpha value is -1.49. The van der Waals surface area contributed by atoms with Gasteiger partial charge in [-0.05, 0) is 33.8 Å². The van der Waals surface area contributed by atoms with E-state index in [-0.39, 0.29) is 18.0 Å². The maximum Gasteiger partial charge on any atom is 0.227 e. The molecule has 3 nitrogen and oxygen atoms in total. The molecule has 0 aliphatic carbocycles. The van der Waals surface area contributed by atoms with Gasteiger partial charge in [-0.1, -0.05) is 6.07 Å². The summed E-state index contributed by atoms with van der Waals surface area (Å²) >= 11 is 0. The summed E-state index contributed by atoms with van der Waals surface area (Å²) in [5.74, 6) is -1.59. The van der Waals surface area contributed by atoms with Crippen molar-refractivity contribution in [3.8, 4) is 0 Å². The van der Waals surface area contributed by atoms with Crippen LogP contribution in [0.3, 0.4) is 0 Å². The van der Waals surface area contributed by atoms with Crippen LogP contribution in [0.15, 0.2) is 18.2 Å². The third kappa shape index (κ3) is 3.50. The van der Waals surface area contributed by atoms with Crippen LogP contribution in [0, 0.1) is 17.0 Å². The van der Waals surface area contributed by atoms with Crippen molar-refractivity contribution in [2.45, 2.75) is 39.8 Å². The van der Waals surface area contributed by atoms with Crippen LogP contribution in [0.5, 0.6) is 0 Å². The molecule has 5 heteroatoms. The van der Waals surface area contributed by atoms with Crippen molar-refractivity contribution in [3.05, 3.63) is 35.4 Å². The van der Waals surface area contributed by atoms with E-state index < -0.39 is 22.6 Å². The molecule has 0 fully saturated rings. The lowest BCUT2D eigenvalue weighted by Gasteiger charge is -2.36. The Balaban J connectivity index is 2.75. The lowest BCUT2D eigenvalue weighted by molar-refractivity contribution is -0.132. The van der Waals surface area contributed by atoms with Gasteiger partial charge in [0.05, 0.1) is 5.41 Å². The van der Waals surface area contributed by atoms with Gasteiger partial charge in [0.15, 0.2) is 0 Å². The highest BCUT2D eigenvalue weighted by Crippen LogP contribution is 2.28. The highest BCUT2D eigenvalue weighted by molar-refractivity contribution is 5.83. The number of hydrogen-bond donors (Lipinski definition) is 2. The third-order valence-corrected chi connectivity index (χ3v) is 3.63. The van der Waals surface area contributed by atoms with E-state index >= 15 is 0 Å². The molecule has 0 bridgehead atoms. The zero-order valence-electron chi connectivity index (χ0n) is 11.7. The molecule has 0 aliphatic rings. The average Bonchev–Trinajstić information content (AvgIpc) is 2.25. The lowest BCUT2D eigenvalue weighted by atomic mass is 9.74. The number of amides is 1. The smallest absolute Gasteiger partial charge is 0.227 e. The molecule has 106 valence electrons. The molecule has 1 aromatic rings. The predicted octanol–water partition coefficient (Wildman–Crippen LogP) is 2.34. The molecule has 1 aromatic carbocycles. The van der Waals surface area contributed by atoms with Crippen molar-refractivity contribution < 1.29 is 13.6 Å². The molecule has 0 aliphatic heterocycles. The summed E-state index contributed by atoms with van der Waals surface area (Å²) in [5.41, 5.74) is 4.67. The molecule has 19 heavy (non-hydrogen) atoms. The molecular weight excluding hydrogens is 250 g/mol. The van der Waals surface area contributed by atoms with Gasteiger partial charge in [-0.2, -0.15) is 0 Å². The normalized spacial score (nSPS) is 12.4. The number of carbonyl (C=O) groups excluding carboxylic acids is 1. The van der Waals surface area contributed by atoms with E-state index in [1.54, 1.807) is 27.7 Å². The van der Waals surface area contributed by atoms with Crippen molar-refractivity contribution >= 4 is 5.91 Å². The Labute approximate surface area is 112 Å². The first-order valence-corrected chi connectivity index (χ1v) is 6.07. The average molecular weight is 270 g/mol. The van der Waals surface area contributed by atoms with E-state index in [9.17, 15) is 13.6 Å². The van der Waals surface area contributed by atoms with Gasteiger partial charge in [0, 0.05) is 23.7 Å². The fourth-order valence-electron chi connectivity index (χ4n) is 1.35. The Morgan fingerprint density at radius 1 is 1.26 bits per heavy atom. The quantitative estimate of drug-likeness (QED) is 0.882. The minimum absolute atomic E-state index is 0.00442. The van der Waals surface area contributed by atoms with E-state index in [1.165, 1.54) is 6.07 Å². The number of halogens is 2. The second-order valence-electron chi connectivity index (χ2n) is 5.77. The molecule has 0 spiro atoms. The SMILES string of the molecule is CC(C)(N)C(C)(C)C(=O)NCc1ccc(F)cc1F. The first kappa shape index (κ1) is 15.6. The predicted molar refractivity (Wildman–Crippen MR) is 70.3 cm³/mol. The summed E-state index contributed by atoms with van der Waals surface area (Å²) in [6, 6.07) is 3.26. The zero-order valence-corrected chi connectivity index (χ0v) is 11.7. The molecule has 1 amide bonds. The minimum atomic E-state index is -0.802. The second-order valence-corrected chi connectivity index (χ2v) is 5.77. The van der Waals surface area contributed by atoms with Crippen molar-refractivity contribution in [2.24, 2.45) is 11.1 Å². The fraction of sp³-hybridized carbons (Fsp3) is 0.500. The van der Waals surface area contributed by atoms with Crippen molar-refractivity contribution in [1.82, 2.24) is 5.32 Å². The van der Waals surface area contributed by atoms with Gasteiger partial charge in [-0.25, -0.2) is 8.78 Å². The standard InChI is InChI=1S/C14H20F2N2O/c1-13(2,14(3,4)17)12(19)18-8-9-5-6-10(15)7-11(9)16/h5-7H,8,17H2,1-4H3,(H,18,19). The molecule has 0 unspecified atom stereocenters. The molecule has 0 heterocycles. The third-order valence-electron chi connectivity index (χ3n) is 3.63. The lowest BCUT2D eigenvalue weighted by Crippen LogP contribution is -2.55. The van der Waals surface area contributed by atoms with E-state index in [4.69, 9.17) is 5.73 Å². The summed E-state index contributed by atoms with van der Waals surface area (Å²) in [6.07, 6.45) is 0. The largest absolute Gasteiger partial charge is 0.351 e. The summed E-state index contributed by atoms with van der Waals surface area (Å²) in [7, 11) is 0. The number of benzene rings is 1. The molecule has 0 atom stereocenters. The topological polar surface area (TPSA) is 55.1 Å². The Bertz CT molecular complexity index is 479. The highest BCUT2D eigenvalue weighted by Gasteiger charge is 2.40. The Kier molecular flexibility index (Phi) is 4.30. The number of nitrogens with one attached hydrogen (secondary N) is 1. The van der Waals surface area contributed by atoms with Crippen LogP contribution in [-0.4, -0.2) is 11.4 Å². The van der Waals surface area contributed by atoms with Gasteiger partial charge in [0.2, 0.25) is 5.91 Å². The number of rotatable bonds is 4. The maximum atomic E-state index is 13.4. The zero-order chi connectivity index (χ0) is 14.8. The molecule has 1 rings (SSSR count). The number of nitrogens with two attached hydrogens (primary N) is 1. The van der Waals surface area contributed by atoms with Gasteiger partial charge < -0.3 is 11.1 Å². The van der Waals surface area contributed by atoms with Gasteiger partial charge in [0.1, 0.15) is 11.6 Å². The molecule has 0 saturated carbocycles.